The van der Waals surface area contributed by atoms with E-state index in [4.69, 9.17) is 0 Å². The van der Waals surface area contributed by atoms with Crippen molar-refractivity contribution < 1.29 is 14.4 Å². The minimum atomic E-state index is -0.421. The molecule has 3 amide bonds. The molecule has 1 aromatic carbocycles. The van der Waals surface area contributed by atoms with E-state index in [0.717, 1.165) is 6.42 Å². The number of benzene rings is 1. The summed E-state index contributed by atoms with van der Waals surface area (Å²) in [5, 5.41) is 8.18. The topological polar surface area (TPSA) is 100 Å². The fourth-order valence-electron chi connectivity index (χ4n) is 2.12. The molecule has 0 fully saturated rings. The molecule has 26 heavy (non-hydrogen) atoms. The molecule has 0 saturated heterocycles. The highest BCUT2D eigenvalue weighted by molar-refractivity contribution is 6.04. The maximum Gasteiger partial charge on any atom is 0.274 e. The summed E-state index contributed by atoms with van der Waals surface area (Å²) in [4.78, 5) is 39.6. The van der Waals surface area contributed by atoms with Gasteiger partial charge in [-0.25, -0.2) is 4.98 Å². The van der Waals surface area contributed by atoms with Crippen LogP contribution in [0.5, 0.6) is 0 Å². The van der Waals surface area contributed by atoms with Gasteiger partial charge in [-0.05, 0) is 49.7 Å². The van der Waals surface area contributed by atoms with Crippen molar-refractivity contribution in [1.82, 2.24) is 10.3 Å². The molecular weight excluding hydrogens is 332 g/mol. The van der Waals surface area contributed by atoms with Crippen LogP contribution in [0, 0.1) is 0 Å². The first-order chi connectivity index (χ1) is 12.4. The monoisotopic (exact) mass is 354 g/mol. The maximum atomic E-state index is 12.4. The fraction of sp³-hybridized carbons (Fsp3) is 0.263. The van der Waals surface area contributed by atoms with Gasteiger partial charge in [0, 0.05) is 24.3 Å². The van der Waals surface area contributed by atoms with Crippen molar-refractivity contribution in [3.8, 4) is 0 Å². The highest BCUT2D eigenvalue weighted by Crippen LogP contribution is 2.14. The van der Waals surface area contributed by atoms with E-state index < -0.39 is 5.91 Å². The van der Waals surface area contributed by atoms with E-state index >= 15 is 0 Å². The molecule has 0 radical (unpaired) electrons. The quantitative estimate of drug-likeness (QED) is 0.742. The summed E-state index contributed by atoms with van der Waals surface area (Å²) in [5.74, 6) is -0.900. The normalized spacial score (nSPS) is 11.3. The highest BCUT2D eigenvalue weighted by Gasteiger charge is 2.14. The van der Waals surface area contributed by atoms with E-state index in [2.05, 4.69) is 20.9 Å². The van der Waals surface area contributed by atoms with Crippen molar-refractivity contribution in [3.63, 3.8) is 0 Å². The molecule has 0 aliphatic heterocycles. The first-order valence-corrected chi connectivity index (χ1v) is 8.36. The van der Waals surface area contributed by atoms with Crippen molar-refractivity contribution in [2.75, 3.05) is 10.6 Å². The number of amides is 3. The van der Waals surface area contributed by atoms with Crippen molar-refractivity contribution in [2.24, 2.45) is 0 Å². The first-order valence-electron chi connectivity index (χ1n) is 8.36. The molecule has 0 saturated carbocycles. The number of hydrogen-bond acceptors (Lipinski definition) is 4. The second-order valence-electron chi connectivity index (χ2n) is 5.90. The Morgan fingerprint density at radius 3 is 2.00 bits per heavy atom. The number of pyridine rings is 1. The Bertz CT molecular complexity index is 803. The van der Waals surface area contributed by atoms with Crippen LogP contribution in [-0.4, -0.2) is 28.7 Å². The molecule has 1 unspecified atom stereocenters. The highest BCUT2D eigenvalue weighted by atomic mass is 16.2. The summed E-state index contributed by atoms with van der Waals surface area (Å²) in [5.41, 5.74) is 1.53. The molecule has 0 aliphatic rings. The van der Waals surface area contributed by atoms with Gasteiger partial charge in [-0.3, -0.25) is 14.4 Å². The Morgan fingerprint density at radius 1 is 0.923 bits per heavy atom. The number of hydrogen-bond donors (Lipinski definition) is 3. The molecule has 0 bridgehead atoms. The van der Waals surface area contributed by atoms with E-state index in [1.54, 1.807) is 42.5 Å². The summed E-state index contributed by atoms with van der Waals surface area (Å²) in [7, 11) is 0. The van der Waals surface area contributed by atoms with Crippen molar-refractivity contribution in [2.45, 2.75) is 33.2 Å². The third kappa shape index (κ3) is 5.41. The van der Waals surface area contributed by atoms with Crippen LogP contribution in [0.15, 0.2) is 42.5 Å². The average Bonchev–Trinajstić information content (AvgIpc) is 2.62. The summed E-state index contributed by atoms with van der Waals surface area (Å²) in [6, 6.07) is 11.5. The van der Waals surface area contributed by atoms with Crippen molar-refractivity contribution in [3.05, 3.63) is 53.9 Å². The Kier molecular flexibility index (Phi) is 6.43. The Hall–Kier alpha value is -3.22. The number of anilines is 2. The summed E-state index contributed by atoms with van der Waals surface area (Å²) < 4.78 is 0. The van der Waals surface area contributed by atoms with Gasteiger partial charge in [0.2, 0.25) is 5.91 Å². The van der Waals surface area contributed by atoms with Gasteiger partial charge in [-0.2, -0.15) is 0 Å². The van der Waals surface area contributed by atoms with Gasteiger partial charge < -0.3 is 16.0 Å². The molecule has 0 spiro atoms. The Balaban J connectivity index is 2.06. The molecule has 3 N–H and O–H groups in total. The maximum absolute atomic E-state index is 12.4. The molecule has 1 heterocycles. The van der Waals surface area contributed by atoms with Crippen LogP contribution < -0.4 is 16.0 Å². The number of aromatic nitrogens is 1. The lowest BCUT2D eigenvalue weighted by molar-refractivity contribution is -0.114. The lowest BCUT2D eigenvalue weighted by atomic mass is 10.2. The van der Waals surface area contributed by atoms with Crippen LogP contribution in [0.3, 0.4) is 0 Å². The second kappa shape index (κ2) is 8.75. The SMILES string of the molecule is CCC(C)NC(=O)c1cccc(C(=O)Nc2ccc(NC(C)=O)cc2)n1. The molecule has 7 nitrogen and oxygen atoms in total. The Morgan fingerprint density at radius 2 is 1.46 bits per heavy atom. The van der Waals surface area contributed by atoms with Gasteiger partial charge >= 0.3 is 0 Å². The molecular formula is C19H22N4O3. The molecule has 2 rings (SSSR count). The van der Waals surface area contributed by atoms with Gasteiger partial charge in [0.25, 0.3) is 11.8 Å². The second-order valence-corrected chi connectivity index (χ2v) is 5.90. The summed E-state index contributed by atoms with van der Waals surface area (Å²) in [6.07, 6.45) is 0.806. The lowest BCUT2D eigenvalue weighted by Gasteiger charge is -2.11. The van der Waals surface area contributed by atoms with E-state index in [1.165, 1.54) is 6.92 Å². The number of nitrogens with zero attached hydrogens (tertiary/aromatic N) is 1. The van der Waals surface area contributed by atoms with Crippen LogP contribution in [0.25, 0.3) is 0 Å². The standard InChI is InChI=1S/C19H22N4O3/c1-4-12(2)20-18(25)16-6-5-7-17(23-16)19(26)22-15-10-8-14(9-11-15)21-13(3)24/h5-12H,4H2,1-3H3,(H,20,25)(H,21,24)(H,22,26). The van der Waals surface area contributed by atoms with Gasteiger partial charge in [0.15, 0.2) is 0 Å². The van der Waals surface area contributed by atoms with Crippen LogP contribution in [-0.2, 0) is 4.79 Å². The minimum absolute atomic E-state index is 0.0314. The first kappa shape index (κ1) is 19.1. The van der Waals surface area contributed by atoms with Crippen LogP contribution in [0.2, 0.25) is 0 Å². The molecule has 7 heteroatoms. The number of nitrogens with one attached hydrogen (secondary N) is 3. The van der Waals surface area contributed by atoms with E-state index in [9.17, 15) is 14.4 Å². The molecule has 2 aromatic rings. The van der Waals surface area contributed by atoms with Gasteiger partial charge in [-0.15, -0.1) is 0 Å². The fourth-order valence-corrected chi connectivity index (χ4v) is 2.12. The summed E-state index contributed by atoms with van der Waals surface area (Å²) in [6.45, 7) is 5.30. The van der Waals surface area contributed by atoms with Crippen LogP contribution >= 0.6 is 0 Å². The van der Waals surface area contributed by atoms with Crippen LogP contribution in [0.1, 0.15) is 48.2 Å². The predicted molar refractivity (Wildman–Crippen MR) is 100 cm³/mol. The van der Waals surface area contributed by atoms with E-state index in [1.807, 2.05) is 13.8 Å². The summed E-state index contributed by atoms with van der Waals surface area (Å²) >= 11 is 0. The molecule has 136 valence electrons. The largest absolute Gasteiger partial charge is 0.348 e. The number of rotatable bonds is 6. The Labute approximate surface area is 152 Å². The molecule has 0 aliphatic carbocycles. The van der Waals surface area contributed by atoms with Crippen molar-refractivity contribution in [1.29, 1.82) is 0 Å². The smallest absolute Gasteiger partial charge is 0.274 e. The average molecular weight is 354 g/mol. The van der Waals surface area contributed by atoms with Crippen LogP contribution in [0.4, 0.5) is 11.4 Å². The lowest BCUT2D eigenvalue weighted by Crippen LogP contribution is -2.32. The minimum Gasteiger partial charge on any atom is -0.348 e. The third-order valence-corrected chi connectivity index (χ3v) is 3.67. The zero-order valence-electron chi connectivity index (χ0n) is 15.0. The van der Waals surface area contributed by atoms with Gasteiger partial charge in [0.05, 0.1) is 0 Å². The van der Waals surface area contributed by atoms with Gasteiger partial charge in [0.1, 0.15) is 11.4 Å². The number of carbonyl (C=O) groups excluding carboxylic acids is 3. The number of carbonyl (C=O) groups is 3. The molecule has 1 atom stereocenters. The van der Waals surface area contributed by atoms with Crippen molar-refractivity contribution >= 4 is 29.1 Å². The zero-order valence-corrected chi connectivity index (χ0v) is 15.0. The predicted octanol–water partition coefficient (Wildman–Crippen LogP) is 2.82. The van der Waals surface area contributed by atoms with E-state index in [-0.39, 0.29) is 29.2 Å². The third-order valence-electron chi connectivity index (χ3n) is 3.67. The van der Waals surface area contributed by atoms with Gasteiger partial charge in [-0.1, -0.05) is 13.0 Å². The molecule has 1 aromatic heterocycles. The van der Waals surface area contributed by atoms with E-state index in [0.29, 0.717) is 11.4 Å². The zero-order chi connectivity index (χ0) is 19.1.